The lowest BCUT2D eigenvalue weighted by Crippen LogP contribution is -2.45. The zero-order chi connectivity index (χ0) is 24.7. The summed E-state index contributed by atoms with van der Waals surface area (Å²) in [6, 6.07) is 18.3. The quantitative estimate of drug-likeness (QED) is 0.513. The maximum absolute atomic E-state index is 13.0. The van der Waals surface area contributed by atoms with E-state index in [1.165, 1.54) is 6.42 Å². The molecule has 2 aliphatic rings. The SMILES string of the molecule is O=C(Nc1ccccc1)c1ccnc(Nc2cccc([C@@H]3CN(C(=O)C4CCCCC4)CCO3)n2)c1. The van der Waals surface area contributed by atoms with Gasteiger partial charge in [-0.15, -0.1) is 0 Å². The predicted molar refractivity (Wildman–Crippen MR) is 138 cm³/mol. The number of carbonyl (C=O) groups is 2. The number of pyridine rings is 2. The zero-order valence-electron chi connectivity index (χ0n) is 20.2. The van der Waals surface area contributed by atoms with Crippen LogP contribution in [0.1, 0.15) is 54.3 Å². The Morgan fingerprint density at radius 1 is 0.944 bits per heavy atom. The van der Waals surface area contributed by atoms with Crippen LogP contribution in [0.15, 0.2) is 66.9 Å². The van der Waals surface area contributed by atoms with E-state index in [1.807, 2.05) is 53.4 Å². The van der Waals surface area contributed by atoms with Gasteiger partial charge in [0.2, 0.25) is 5.91 Å². The summed E-state index contributed by atoms with van der Waals surface area (Å²) >= 11 is 0. The average Bonchev–Trinajstić information content (AvgIpc) is 2.94. The maximum atomic E-state index is 13.0. The molecule has 0 bridgehead atoms. The molecular weight excluding hydrogens is 454 g/mol. The number of anilines is 3. The lowest BCUT2D eigenvalue weighted by Gasteiger charge is -2.35. The van der Waals surface area contributed by atoms with Crippen molar-refractivity contribution in [2.24, 2.45) is 5.92 Å². The second-order valence-corrected chi connectivity index (χ2v) is 9.30. The molecule has 5 rings (SSSR count). The number of nitrogens with one attached hydrogen (secondary N) is 2. The van der Waals surface area contributed by atoms with E-state index in [9.17, 15) is 9.59 Å². The number of aromatic nitrogens is 2. The molecule has 3 heterocycles. The second kappa shape index (κ2) is 11.3. The summed E-state index contributed by atoms with van der Waals surface area (Å²) < 4.78 is 5.99. The number of nitrogens with zero attached hydrogens (tertiary/aromatic N) is 3. The highest BCUT2D eigenvalue weighted by Crippen LogP contribution is 2.29. The van der Waals surface area contributed by atoms with Gasteiger partial charge in [-0.25, -0.2) is 9.97 Å². The number of hydrogen-bond acceptors (Lipinski definition) is 6. The summed E-state index contributed by atoms with van der Waals surface area (Å²) in [5, 5.41) is 6.07. The minimum atomic E-state index is -0.274. The Bertz CT molecular complexity index is 1200. The van der Waals surface area contributed by atoms with Crippen molar-refractivity contribution in [2.75, 3.05) is 30.3 Å². The van der Waals surface area contributed by atoms with Crippen LogP contribution in [-0.4, -0.2) is 46.4 Å². The van der Waals surface area contributed by atoms with Crippen LogP contribution in [0, 0.1) is 5.92 Å². The van der Waals surface area contributed by atoms with Crippen LogP contribution < -0.4 is 10.6 Å². The van der Waals surface area contributed by atoms with Crippen molar-refractivity contribution < 1.29 is 14.3 Å². The minimum absolute atomic E-state index is 0.149. The Labute approximate surface area is 211 Å². The molecule has 1 aliphatic heterocycles. The molecule has 2 amide bonds. The van der Waals surface area contributed by atoms with Gasteiger partial charge < -0.3 is 20.3 Å². The molecule has 8 heteroatoms. The van der Waals surface area contributed by atoms with Crippen LogP contribution in [0.3, 0.4) is 0 Å². The Morgan fingerprint density at radius 3 is 2.61 bits per heavy atom. The summed E-state index contributed by atoms with van der Waals surface area (Å²) in [6.45, 7) is 1.65. The number of benzene rings is 1. The van der Waals surface area contributed by atoms with E-state index in [4.69, 9.17) is 9.72 Å². The Morgan fingerprint density at radius 2 is 1.78 bits per heavy atom. The summed E-state index contributed by atoms with van der Waals surface area (Å²) in [5.41, 5.74) is 1.98. The Balaban J connectivity index is 1.24. The van der Waals surface area contributed by atoms with Gasteiger partial charge in [0.15, 0.2) is 0 Å². The van der Waals surface area contributed by atoms with Crippen LogP contribution in [0.25, 0.3) is 0 Å². The highest BCUT2D eigenvalue weighted by molar-refractivity contribution is 6.04. The molecule has 1 aromatic carbocycles. The van der Waals surface area contributed by atoms with Crippen molar-refractivity contribution in [1.29, 1.82) is 0 Å². The third-order valence-electron chi connectivity index (χ3n) is 6.74. The molecule has 1 saturated heterocycles. The third kappa shape index (κ3) is 5.88. The van der Waals surface area contributed by atoms with E-state index < -0.39 is 0 Å². The van der Waals surface area contributed by atoms with Crippen LogP contribution in [0.2, 0.25) is 0 Å². The number of rotatable bonds is 6. The van der Waals surface area contributed by atoms with Gasteiger partial charge in [0, 0.05) is 29.9 Å². The zero-order valence-corrected chi connectivity index (χ0v) is 20.2. The minimum Gasteiger partial charge on any atom is -0.368 e. The molecule has 0 unspecified atom stereocenters. The summed E-state index contributed by atoms with van der Waals surface area (Å²) in [7, 11) is 0. The topological polar surface area (TPSA) is 96.5 Å². The fourth-order valence-electron chi connectivity index (χ4n) is 4.83. The first-order valence-electron chi connectivity index (χ1n) is 12.6. The van der Waals surface area contributed by atoms with Crippen LogP contribution in [0.4, 0.5) is 17.3 Å². The molecule has 1 atom stereocenters. The first kappa shape index (κ1) is 23.9. The smallest absolute Gasteiger partial charge is 0.255 e. The van der Waals surface area contributed by atoms with Gasteiger partial charge in [-0.2, -0.15) is 0 Å². The number of hydrogen-bond donors (Lipinski definition) is 2. The normalized spacial score (nSPS) is 18.4. The number of carbonyl (C=O) groups excluding carboxylic acids is 2. The number of morpholine rings is 1. The van der Waals surface area contributed by atoms with Gasteiger partial charge in [-0.1, -0.05) is 43.5 Å². The van der Waals surface area contributed by atoms with E-state index in [0.29, 0.717) is 36.9 Å². The van der Waals surface area contributed by atoms with E-state index in [1.54, 1.807) is 18.3 Å². The van der Waals surface area contributed by atoms with Gasteiger partial charge >= 0.3 is 0 Å². The largest absolute Gasteiger partial charge is 0.368 e. The van der Waals surface area contributed by atoms with Crippen molar-refractivity contribution in [2.45, 2.75) is 38.2 Å². The van der Waals surface area contributed by atoms with Gasteiger partial charge in [0.05, 0.1) is 18.8 Å². The van der Waals surface area contributed by atoms with Gasteiger partial charge in [0.1, 0.15) is 17.7 Å². The van der Waals surface area contributed by atoms with Crippen molar-refractivity contribution in [3.05, 3.63) is 78.1 Å². The van der Waals surface area contributed by atoms with E-state index in [0.717, 1.165) is 37.1 Å². The molecule has 2 N–H and O–H groups in total. The number of para-hydroxylation sites is 1. The van der Waals surface area contributed by atoms with Crippen molar-refractivity contribution >= 4 is 29.1 Å². The molecule has 8 nitrogen and oxygen atoms in total. The van der Waals surface area contributed by atoms with Crippen LogP contribution >= 0.6 is 0 Å². The first-order valence-corrected chi connectivity index (χ1v) is 12.6. The highest BCUT2D eigenvalue weighted by atomic mass is 16.5. The summed E-state index contributed by atoms with van der Waals surface area (Å²) in [4.78, 5) is 36.7. The van der Waals surface area contributed by atoms with Crippen LogP contribution in [0.5, 0.6) is 0 Å². The molecule has 1 aliphatic carbocycles. The summed E-state index contributed by atoms with van der Waals surface area (Å²) in [5.74, 6) is 1.30. The number of amides is 2. The van der Waals surface area contributed by atoms with Crippen molar-refractivity contribution in [3.63, 3.8) is 0 Å². The second-order valence-electron chi connectivity index (χ2n) is 9.30. The Kier molecular flexibility index (Phi) is 7.52. The molecule has 2 fully saturated rings. The van der Waals surface area contributed by atoms with Gasteiger partial charge in [0.25, 0.3) is 5.91 Å². The monoisotopic (exact) mass is 485 g/mol. The molecule has 0 spiro atoms. The van der Waals surface area contributed by atoms with Crippen molar-refractivity contribution in [1.82, 2.24) is 14.9 Å². The molecule has 186 valence electrons. The third-order valence-corrected chi connectivity index (χ3v) is 6.74. The predicted octanol–water partition coefficient (Wildman–Crippen LogP) is 4.95. The fourth-order valence-corrected chi connectivity index (χ4v) is 4.83. The highest BCUT2D eigenvalue weighted by Gasteiger charge is 2.31. The molecular formula is C28H31N5O3. The lowest BCUT2D eigenvalue weighted by molar-refractivity contribution is -0.144. The van der Waals surface area contributed by atoms with Crippen LogP contribution in [-0.2, 0) is 9.53 Å². The Hall–Kier alpha value is -3.78. The summed E-state index contributed by atoms with van der Waals surface area (Å²) in [6.07, 6.45) is 6.82. The molecule has 1 saturated carbocycles. The van der Waals surface area contributed by atoms with Gasteiger partial charge in [-0.3, -0.25) is 9.59 Å². The van der Waals surface area contributed by atoms with E-state index in [2.05, 4.69) is 15.6 Å². The molecule has 2 aromatic heterocycles. The molecule has 36 heavy (non-hydrogen) atoms. The first-order chi connectivity index (χ1) is 17.7. The molecule has 3 aromatic rings. The maximum Gasteiger partial charge on any atom is 0.255 e. The lowest BCUT2D eigenvalue weighted by atomic mass is 9.88. The average molecular weight is 486 g/mol. The van der Waals surface area contributed by atoms with Crippen molar-refractivity contribution in [3.8, 4) is 0 Å². The number of ether oxygens (including phenoxy) is 1. The van der Waals surface area contributed by atoms with E-state index >= 15 is 0 Å². The fraction of sp³-hybridized carbons (Fsp3) is 0.357. The van der Waals surface area contributed by atoms with E-state index in [-0.39, 0.29) is 23.8 Å². The molecule has 0 radical (unpaired) electrons. The van der Waals surface area contributed by atoms with Gasteiger partial charge in [-0.05, 0) is 49.2 Å². The standard InChI is InChI=1S/C28H31N5O3/c34-27(30-22-10-5-2-6-11-22)21-14-15-29-26(18-21)32-25-13-7-12-23(31-25)24-19-33(16-17-36-24)28(35)20-8-3-1-4-9-20/h2,5-7,10-15,18,20,24H,1,3-4,8-9,16-17,19H2,(H,30,34)(H,29,31,32)/t24-/m0/s1.